The van der Waals surface area contributed by atoms with Gasteiger partial charge in [-0.15, -0.1) is 11.3 Å². The summed E-state index contributed by atoms with van der Waals surface area (Å²) in [4.78, 5) is 15.3. The van der Waals surface area contributed by atoms with Crippen molar-refractivity contribution in [2.24, 2.45) is 5.10 Å². The summed E-state index contributed by atoms with van der Waals surface area (Å²) in [5.41, 5.74) is 2.30. The Morgan fingerprint density at radius 3 is 2.79 bits per heavy atom. The molecule has 0 radical (unpaired) electrons. The third-order valence-electron chi connectivity index (χ3n) is 2.68. The van der Waals surface area contributed by atoms with Crippen molar-refractivity contribution in [1.29, 1.82) is 0 Å². The van der Waals surface area contributed by atoms with Crippen LogP contribution in [0.4, 0.5) is 22.7 Å². The molecule has 0 spiro atoms. The number of esters is 1. The van der Waals surface area contributed by atoms with E-state index in [0.29, 0.717) is 11.8 Å². The van der Waals surface area contributed by atoms with E-state index in [1.807, 2.05) is 0 Å². The Kier molecular flexibility index (Phi) is 5.85. The first-order chi connectivity index (χ1) is 11.4. The zero-order valence-corrected chi connectivity index (χ0v) is 13.1. The van der Waals surface area contributed by atoms with Gasteiger partial charge in [-0.1, -0.05) is 0 Å². The maximum Gasteiger partial charge on any atom is 0.311 e. The second kappa shape index (κ2) is 7.86. The van der Waals surface area contributed by atoms with E-state index in [2.05, 4.69) is 15.5 Å². The first kappa shape index (κ1) is 17.9. The Morgan fingerprint density at radius 2 is 2.08 bits per heavy atom. The highest BCUT2D eigenvalue weighted by molar-refractivity contribution is 7.13. The summed E-state index contributed by atoms with van der Waals surface area (Å²) in [6, 6.07) is 0.479. The lowest BCUT2D eigenvalue weighted by atomic mass is 10.2. The van der Waals surface area contributed by atoms with Crippen molar-refractivity contribution in [3.63, 3.8) is 0 Å². The largest absolute Gasteiger partial charge is 0.466 e. The molecule has 1 heterocycles. The highest BCUT2D eigenvalue weighted by Crippen LogP contribution is 2.18. The van der Waals surface area contributed by atoms with Gasteiger partial charge >= 0.3 is 5.97 Å². The van der Waals surface area contributed by atoms with E-state index < -0.39 is 34.8 Å². The lowest BCUT2D eigenvalue weighted by molar-refractivity contribution is -0.142. The van der Waals surface area contributed by atoms with Crippen LogP contribution in [0.5, 0.6) is 0 Å². The third kappa shape index (κ3) is 4.28. The monoisotopic (exact) mass is 361 g/mol. The SMILES string of the molecule is CCOC(=O)Cc1csc(NN=Cc2cc(F)c(F)c(F)c2F)n1. The van der Waals surface area contributed by atoms with Crippen LogP contribution in [-0.4, -0.2) is 23.8 Å². The molecular formula is C14H11F4N3O2S. The number of thiazole rings is 1. The van der Waals surface area contributed by atoms with Crippen LogP contribution < -0.4 is 5.43 Å². The van der Waals surface area contributed by atoms with Crippen LogP contribution in [0.3, 0.4) is 0 Å². The number of hydrogen-bond donors (Lipinski definition) is 1. The van der Waals surface area contributed by atoms with E-state index in [1.165, 1.54) is 0 Å². The molecule has 0 saturated carbocycles. The van der Waals surface area contributed by atoms with Crippen molar-refractivity contribution >= 4 is 28.7 Å². The molecule has 0 aliphatic rings. The number of hydrazone groups is 1. The van der Waals surface area contributed by atoms with Crippen molar-refractivity contribution in [3.05, 3.63) is 46.0 Å². The molecule has 0 fully saturated rings. The normalized spacial score (nSPS) is 11.0. The fourth-order valence-corrected chi connectivity index (χ4v) is 2.30. The van der Waals surface area contributed by atoms with E-state index in [9.17, 15) is 22.4 Å². The van der Waals surface area contributed by atoms with Gasteiger partial charge in [0.2, 0.25) is 5.13 Å². The zero-order valence-electron chi connectivity index (χ0n) is 12.3. The number of halogens is 4. The van der Waals surface area contributed by atoms with Crippen LogP contribution in [0.15, 0.2) is 16.5 Å². The fourth-order valence-electron chi connectivity index (χ4n) is 1.64. The van der Waals surface area contributed by atoms with Crippen LogP contribution in [0.2, 0.25) is 0 Å². The Balaban J connectivity index is 2.03. The van der Waals surface area contributed by atoms with Crippen LogP contribution in [0.25, 0.3) is 0 Å². The van der Waals surface area contributed by atoms with Gasteiger partial charge in [0.15, 0.2) is 23.3 Å². The molecule has 0 amide bonds. The minimum Gasteiger partial charge on any atom is -0.466 e. The molecule has 0 aliphatic heterocycles. The molecule has 1 aromatic carbocycles. The van der Waals surface area contributed by atoms with E-state index in [0.717, 1.165) is 17.6 Å². The lowest BCUT2D eigenvalue weighted by Crippen LogP contribution is -2.07. The predicted octanol–water partition coefficient (Wildman–Crippen LogP) is 3.25. The van der Waals surface area contributed by atoms with Crippen molar-refractivity contribution in [3.8, 4) is 0 Å². The fraction of sp³-hybridized carbons (Fsp3) is 0.214. The first-order valence-electron chi connectivity index (χ1n) is 6.64. The molecule has 10 heteroatoms. The number of benzene rings is 1. The summed E-state index contributed by atoms with van der Waals surface area (Å²) in [6.07, 6.45) is 0.770. The molecule has 0 bridgehead atoms. The number of aromatic nitrogens is 1. The predicted molar refractivity (Wildman–Crippen MR) is 79.9 cm³/mol. The van der Waals surface area contributed by atoms with Gasteiger partial charge in [-0.2, -0.15) is 5.10 Å². The third-order valence-corrected chi connectivity index (χ3v) is 3.47. The van der Waals surface area contributed by atoms with Crippen LogP contribution in [-0.2, 0) is 16.0 Å². The number of ether oxygens (including phenoxy) is 1. The van der Waals surface area contributed by atoms with Gasteiger partial charge in [0, 0.05) is 10.9 Å². The Bertz CT molecular complexity index is 780. The van der Waals surface area contributed by atoms with Crippen LogP contribution >= 0.6 is 11.3 Å². The molecule has 1 N–H and O–H groups in total. The Labute approximate surface area is 138 Å². The number of nitrogens with one attached hydrogen (secondary N) is 1. The number of hydrogen-bond acceptors (Lipinski definition) is 6. The molecule has 24 heavy (non-hydrogen) atoms. The average molecular weight is 361 g/mol. The minimum atomic E-state index is -1.91. The van der Waals surface area contributed by atoms with Crippen LogP contribution in [0.1, 0.15) is 18.2 Å². The quantitative estimate of drug-likeness (QED) is 0.214. The van der Waals surface area contributed by atoms with Gasteiger partial charge in [-0.05, 0) is 13.0 Å². The summed E-state index contributed by atoms with van der Waals surface area (Å²) in [7, 11) is 0. The van der Waals surface area contributed by atoms with E-state index in [-0.39, 0.29) is 18.2 Å². The standard InChI is InChI=1S/C14H11F4N3O2S/c1-2-23-10(22)4-8-6-24-14(20-8)21-19-5-7-3-9(15)12(17)13(18)11(7)16/h3,5-6H,2,4H2,1H3,(H,20,21). The highest BCUT2D eigenvalue weighted by atomic mass is 32.1. The second-order valence-corrected chi connectivity index (χ2v) is 5.24. The Morgan fingerprint density at radius 1 is 1.33 bits per heavy atom. The molecule has 128 valence electrons. The summed E-state index contributed by atoms with van der Waals surface area (Å²) in [5, 5.41) is 5.44. The van der Waals surface area contributed by atoms with Gasteiger partial charge in [-0.3, -0.25) is 10.2 Å². The topological polar surface area (TPSA) is 63.6 Å². The Hall–Kier alpha value is -2.49. The van der Waals surface area contributed by atoms with Gasteiger partial charge in [0.05, 0.1) is 24.9 Å². The minimum absolute atomic E-state index is 0.0151. The summed E-state index contributed by atoms with van der Waals surface area (Å²) < 4.78 is 57.1. The molecule has 0 unspecified atom stereocenters. The van der Waals surface area contributed by atoms with Crippen LogP contribution in [0, 0.1) is 23.3 Å². The van der Waals surface area contributed by atoms with Gasteiger partial charge in [-0.25, -0.2) is 22.5 Å². The summed E-state index contributed by atoms with van der Waals surface area (Å²) in [6.45, 7) is 1.94. The van der Waals surface area contributed by atoms with Gasteiger partial charge in [0.25, 0.3) is 0 Å². The second-order valence-electron chi connectivity index (χ2n) is 4.39. The number of carbonyl (C=O) groups excluding carboxylic acids is 1. The lowest BCUT2D eigenvalue weighted by Gasteiger charge is -2.01. The molecule has 5 nitrogen and oxygen atoms in total. The molecule has 0 aliphatic carbocycles. The average Bonchev–Trinajstić information content (AvgIpc) is 2.97. The maximum atomic E-state index is 13.4. The first-order valence-corrected chi connectivity index (χ1v) is 7.52. The van der Waals surface area contributed by atoms with E-state index >= 15 is 0 Å². The molecule has 1 aromatic heterocycles. The van der Waals surface area contributed by atoms with Gasteiger partial charge in [0.1, 0.15) is 0 Å². The van der Waals surface area contributed by atoms with Gasteiger partial charge < -0.3 is 4.74 Å². The number of anilines is 1. The summed E-state index contributed by atoms with van der Waals surface area (Å²) in [5.74, 6) is -7.32. The van der Waals surface area contributed by atoms with E-state index in [4.69, 9.17) is 4.74 Å². The van der Waals surface area contributed by atoms with E-state index in [1.54, 1.807) is 12.3 Å². The summed E-state index contributed by atoms with van der Waals surface area (Å²) >= 11 is 1.11. The number of carbonyl (C=O) groups is 1. The molecule has 2 rings (SSSR count). The molecule has 2 aromatic rings. The smallest absolute Gasteiger partial charge is 0.311 e. The highest BCUT2D eigenvalue weighted by Gasteiger charge is 2.17. The number of nitrogens with zero attached hydrogens (tertiary/aromatic N) is 2. The van der Waals surface area contributed by atoms with Crippen molar-refractivity contribution in [1.82, 2.24) is 4.98 Å². The number of rotatable bonds is 6. The molecule has 0 saturated heterocycles. The molecule has 0 atom stereocenters. The molecular weight excluding hydrogens is 350 g/mol. The zero-order chi connectivity index (χ0) is 17.7. The van der Waals surface area contributed by atoms with Crippen molar-refractivity contribution in [2.75, 3.05) is 12.0 Å². The van der Waals surface area contributed by atoms with Crippen molar-refractivity contribution in [2.45, 2.75) is 13.3 Å². The maximum absolute atomic E-state index is 13.4. The van der Waals surface area contributed by atoms with Crippen molar-refractivity contribution < 1.29 is 27.1 Å².